The lowest BCUT2D eigenvalue weighted by molar-refractivity contribution is 0.340. The van der Waals surface area contributed by atoms with E-state index >= 15 is 0 Å². The fourth-order valence-corrected chi connectivity index (χ4v) is 1.83. The summed E-state index contributed by atoms with van der Waals surface area (Å²) in [6.07, 6.45) is 2.22. The van der Waals surface area contributed by atoms with Crippen LogP contribution >= 0.6 is 0 Å². The van der Waals surface area contributed by atoms with E-state index < -0.39 is 0 Å². The number of furan rings is 1. The van der Waals surface area contributed by atoms with Gasteiger partial charge in [0, 0.05) is 6.42 Å². The number of rotatable bonds is 5. The molecule has 0 saturated heterocycles. The fraction of sp³-hybridized carbons (Fsp3) is 0.267. The summed E-state index contributed by atoms with van der Waals surface area (Å²) in [5.74, 6) is 1.47. The van der Waals surface area contributed by atoms with Gasteiger partial charge in [-0.05, 0) is 36.8 Å². The summed E-state index contributed by atoms with van der Waals surface area (Å²) in [5.41, 5.74) is 0.984. The first-order chi connectivity index (χ1) is 8.83. The Morgan fingerprint density at radius 1 is 1.28 bits per heavy atom. The topological polar surface area (TPSA) is 46.2 Å². The number of ether oxygens (including phenoxy) is 1. The molecular weight excluding hydrogens is 226 g/mol. The van der Waals surface area contributed by atoms with Crippen LogP contribution in [-0.2, 0) is 6.42 Å². The van der Waals surface area contributed by atoms with Gasteiger partial charge in [0.1, 0.15) is 11.5 Å². The van der Waals surface area contributed by atoms with Crippen LogP contribution in [0.5, 0.6) is 5.75 Å². The van der Waals surface area contributed by atoms with Crippen LogP contribution in [0.15, 0.2) is 47.1 Å². The smallest absolute Gasteiger partial charge is 0.119 e. The summed E-state index contributed by atoms with van der Waals surface area (Å²) >= 11 is 0. The van der Waals surface area contributed by atoms with E-state index in [2.05, 4.69) is 6.07 Å². The van der Waals surface area contributed by atoms with Crippen molar-refractivity contribution in [2.24, 2.45) is 0 Å². The molecule has 0 saturated carbocycles. The molecule has 1 unspecified atom stereocenters. The largest absolute Gasteiger partial charge is 0.494 e. The van der Waals surface area contributed by atoms with Crippen LogP contribution in [-0.4, -0.2) is 6.61 Å². The van der Waals surface area contributed by atoms with Gasteiger partial charge < -0.3 is 9.15 Å². The Balaban J connectivity index is 2.10. The number of nitrogens with zero attached hydrogens (tertiary/aromatic N) is 1. The lowest BCUT2D eigenvalue weighted by atomic mass is 9.96. The standard InChI is InChI=1S/C15H15NO2/c1-2-17-14-7-5-12(6-8-14)13(11-16)10-15-4-3-9-18-15/h3-9,13H,2,10H2,1H3. The summed E-state index contributed by atoms with van der Waals surface area (Å²) in [5, 5.41) is 9.23. The predicted octanol–water partition coefficient (Wildman–Crippen LogP) is 3.53. The zero-order valence-electron chi connectivity index (χ0n) is 10.3. The van der Waals surface area contributed by atoms with E-state index in [1.54, 1.807) is 6.26 Å². The zero-order valence-corrected chi connectivity index (χ0v) is 10.3. The van der Waals surface area contributed by atoms with Crippen LogP contribution in [0.3, 0.4) is 0 Å². The second-order valence-corrected chi connectivity index (χ2v) is 3.97. The highest BCUT2D eigenvalue weighted by molar-refractivity contribution is 5.32. The molecule has 0 bridgehead atoms. The minimum Gasteiger partial charge on any atom is -0.494 e. The molecule has 92 valence electrons. The maximum atomic E-state index is 9.23. The fourth-order valence-electron chi connectivity index (χ4n) is 1.83. The first-order valence-electron chi connectivity index (χ1n) is 5.98. The molecule has 2 aromatic rings. The van der Waals surface area contributed by atoms with E-state index in [0.29, 0.717) is 13.0 Å². The number of hydrogen-bond donors (Lipinski definition) is 0. The Kier molecular flexibility index (Phi) is 4.03. The highest BCUT2D eigenvalue weighted by atomic mass is 16.5. The van der Waals surface area contributed by atoms with Crippen LogP contribution in [0.4, 0.5) is 0 Å². The van der Waals surface area contributed by atoms with Gasteiger partial charge in [0.2, 0.25) is 0 Å². The van der Waals surface area contributed by atoms with Gasteiger partial charge in [0.15, 0.2) is 0 Å². The Morgan fingerprint density at radius 3 is 2.61 bits per heavy atom. The lowest BCUT2D eigenvalue weighted by Crippen LogP contribution is -2.00. The summed E-state index contributed by atoms with van der Waals surface area (Å²) in [4.78, 5) is 0. The highest BCUT2D eigenvalue weighted by Gasteiger charge is 2.13. The average molecular weight is 241 g/mol. The van der Waals surface area contributed by atoms with Gasteiger partial charge >= 0.3 is 0 Å². The molecule has 1 aromatic heterocycles. The van der Waals surface area contributed by atoms with E-state index in [1.807, 2.05) is 43.3 Å². The third kappa shape index (κ3) is 2.92. The molecule has 3 heteroatoms. The Morgan fingerprint density at radius 2 is 2.06 bits per heavy atom. The van der Waals surface area contributed by atoms with Crippen molar-refractivity contribution in [2.45, 2.75) is 19.3 Å². The van der Waals surface area contributed by atoms with Crippen molar-refractivity contribution in [3.8, 4) is 11.8 Å². The summed E-state index contributed by atoms with van der Waals surface area (Å²) in [6.45, 7) is 2.59. The quantitative estimate of drug-likeness (QED) is 0.804. The molecule has 1 aromatic carbocycles. The first kappa shape index (κ1) is 12.3. The monoisotopic (exact) mass is 241 g/mol. The van der Waals surface area contributed by atoms with Crippen LogP contribution in [0.1, 0.15) is 24.2 Å². The third-order valence-corrected chi connectivity index (χ3v) is 2.73. The van der Waals surface area contributed by atoms with Gasteiger partial charge in [-0.2, -0.15) is 5.26 Å². The Bertz CT molecular complexity index is 508. The maximum absolute atomic E-state index is 9.23. The van der Waals surface area contributed by atoms with Crippen molar-refractivity contribution < 1.29 is 9.15 Å². The van der Waals surface area contributed by atoms with Crippen molar-refractivity contribution in [3.05, 3.63) is 54.0 Å². The van der Waals surface area contributed by atoms with Gasteiger partial charge in [-0.15, -0.1) is 0 Å². The average Bonchev–Trinajstić information content (AvgIpc) is 2.90. The third-order valence-electron chi connectivity index (χ3n) is 2.73. The van der Waals surface area contributed by atoms with Crippen LogP contribution in [0.25, 0.3) is 0 Å². The molecule has 2 rings (SSSR count). The van der Waals surface area contributed by atoms with E-state index in [9.17, 15) is 5.26 Å². The minimum absolute atomic E-state index is 0.188. The summed E-state index contributed by atoms with van der Waals surface area (Å²) in [6, 6.07) is 13.7. The minimum atomic E-state index is -0.188. The molecule has 0 aliphatic carbocycles. The molecular formula is C15H15NO2. The number of hydrogen-bond acceptors (Lipinski definition) is 3. The van der Waals surface area contributed by atoms with Crippen molar-refractivity contribution in [2.75, 3.05) is 6.61 Å². The molecule has 3 nitrogen and oxygen atoms in total. The molecule has 0 aliphatic rings. The second kappa shape index (κ2) is 5.92. The van der Waals surface area contributed by atoms with Gasteiger partial charge in [0.05, 0.1) is 24.9 Å². The van der Waals surface area contributed by atoms with Crippen molar-refractivity contribution in [1.29, 1.82) is 5.26 Å². The van der Waals surface area contributed by atoms with Crippen molar-refractivity contribution >= 4 is 0 Å². The number of nitriles is 1. The Hall–Kier alpha value is -2.21. The first-order valence-corrected chi connectivity index (χ1v) is 5.98. The van der Waals surface area contributed by atoms with E-state index in [4.69, 9.17) is 9.15 Å². The van der Waals surface area contributed by atoms with Crippen LogP contribution in [0, 0.1) is 11.3 Å². The lowest BCUT2D eigenvalue weighted by Gasteiger charge is -2.09. The molecule has 0 N–H and O–H groups in total. The van der Waals surface area contributed by atoms with E-state index in [1.165, 1.54) is 0 Å². The van der Waals surface area contributed by atoms with Crippen molar-refractivity contribution in [3.63, 3.8) is 0 Å². The predicted molar refractivity (Wildman–Crippen MR) is 68.4 cm³/mol. The zero-order chi connectivity index (χ0) is 12.8. The molecule has 0 amide bonds. The molecule has 18 heavy (non-hydrogen) atoms. The molecule has 0 fully saturated rings. The van der Waals surface area contributed by atoms with Gasteiger partial charge in [-0.3, -0.25) is 0 Å². The summed E-state index contributed by atoms with van der Waals surface area (Å²) in [7, 11) is 0. The molecule has 0 spiro atoms. The molecule has 0 aliphatic heterocycles. The number of benzene rings is 1. The van der Waals surface area contributed by atoms with Crippen LogP contribution in [0.2, 0.25) is 0 Å². The van der Waals surface area contributed by atoms with E-state index in [-0.39, 0.29) is 5.92 Å². The highest BCUT2D eigenvalue weighted by Crippen LogP contribution is 2.23. The summed E-state index contributed by atoms with van der Waals surface area (Å²) < 4.78 is 10.7. The molecule has 1 atom stereocenters. The van der Waals surface area contributed by atoms with Crippen molar-refractivity contribution in [1.82, 2.24) is 0 Å². The maximum Gasteiger partial charge on any atom is 0.119 e. The second-order valence-electron chi connectivity index (χ2n) is 3.97. The molecule has 1 heterocycles. The normalized spacial score (nSPS) is 11.8. The van der Waals surface area contributed by atoms with Gasteiger partial charge in [-0.25, -0.2) is 0 Å². The molecule has 0 radical (unpaired) electrons. The van der Waals surface area contributed by atoms with Gasteiger partial charge in [0.25, 0.3) is 0 Å². The van der Waals surface area contributed by atoms with Gasteiger partial charge in [-0.1, -0.05) is 12.1 Å². The Labute approximate surface area is 107 Å². The van der Waals surface area contributed by atoms with E-state index in [0.717, 1.165) is 17.1 Å². The SMILES string of the molecule is CCOc1ccc(C(C#N)Cc2ccco2)cc1. The van der Waals surface area contributed by atoms with Crippen LogP contribution < -0.4 is 4.74 Å².